The van der Waals surface area contributed by atoms with E-state index in [1.807, 2.05) is 19.2 Å². The summed E-state index contributed by atoms with van der Waals surface area (Å²) in [5.74, 6) is 0. The zero-order valence-electron chi connectivity index (χ0n) is 8.78. The number of hydrogen-bond acceptors (Lipinski definition) is 2. The first-order valence-electron chi connectivity index (χ1n) is 4.84. The summed E-state index contributed by atoms with van der Waals surface area (Å²) >= 11 is 0. The molecule has 3 heteroatoms. The van der Waals surface area contributed by atoms with Gasteiger partial charge in [-0.05, 0) is 33.0 Å². The van der Waals surface area contributed by atoms with Gasteiger partial charge in [0.2, 0.25) is 0 Å². The number of imidazole rings is 1. The molecule has 0 aliphatic rings. The first-order chi connectivity index (χ1) is 6.72. The molecule has 1 atom stereocenters. The number of nitrogens with zero attached hydrogens (tertiary/aromatic N) is 2. The van der Waals surface area contributed by atoms with Crippen molar-refractivity contribution in [3.63, 3.8) is 0 Å². The van der Waals surface area contributed by atoms with Crippen LogP contribution in [0.5, 0.6) is 0 Å². The Bertz CT molecular complexity index is 445. The predicted molar refractivity (Wildman–Crippen MR) is 57.4 cm³/mol. The lowest BCUT2D eigenvalue weighted by atomic mass is 10.3. The fraction of sp³-hybridized carbons (Fsp3) is 0.364. The SMILES string of the molecule is CNC(C)c1cn2c(C)cccc2n1. The van der Waals surface area contributed by atoms with Crippen molar-refractivity contribution >= 4 is 5.65 Å². The van der Waals surface area contributed by atoms with Crippen LogP contribution in [-0.2, 0) is 0 Å². The van der Waals surface area contributed by atoms with E-state index in [2.05, 4.69) is 40.8 Å². The summed E-state index contributed by atoms with van der Waals surface area (Å²) in [7, 11) is 1.95. The molecule has 74 valence electrons. The Labute approximate surface area is 83.8 Å². The smallest absolute Gasteiger partial charge is 0.137 e. The highest BCUT2D eigenvalue weighted by Gasteiger charge is 2.07. The lowest BCUT2D eigenvalue weighted by Gasteiger charge is -2.04. The second-order valence-corrected chi connectivity index (χ2v) is 3.57. The van der Waals surface area contributed by atoms with Gasteiger partial charge in [-0.1, -0.05) is 6.07 Å². The molecule has 1 N–H and O–H groups in total. The lowest BCUT2D eigenvalue weighted by molar-refractivity contribution is 0.637. The molecule has 2 rings (SSSR count). The van der Waals surface area contributed by atoms with Crippen LogP contribution in [0.2, 0.25) is 0 Å². The third-order valence-corrected chi connectivity index (χ3v) is 2.59. The first-order valence-corrected chi connectivity index (χ1v) is 4.84. The van der Waals surface area contributed by atoms with E-state index in [-0.39, 0.29) is 0 Å². The molecule has 2 aromatic rings. The van der Waals surface area contributed by atoms with Crippen LogP contribution in [0.3, 0.4) is 0 Å². The van der Waals surface area contributed by atoms with Gasteiger partial charge in [0.25, 0.3) is 0 Å². The van der Waals surface area contributed by atoms with E-state index in [9.17, 15) is 0 Å². The minimum atomic E-state index is 0.300. The summed E-state index contributed by atoms with van der Waals surface area (Å²) in [6, 6.07) is 6.45. The number of fused-ring (bicyclic) bond motifs is 1. The van der Waals surface area contributed by atoms with Crippen molar-refractivity contribution in [1.29, 1.82) is 0 Å². The zero-order chi connectivity index (χ0) is 10.1. The normalized spacial score (nSPS) is 13.4. The molecular formula is C11H15N3. The Morgan fingerprint density at radius 2 is 2.21 bits per heavy atom. The molecule has 3 nitrogen and oxygen atoms in total. The molecule has 1 unspecified atom stereocenters. The summed E-state index contributed by atoms with van der Waals surface area (Å²) in [5, 5.41) is 3.19. The van der Waals surface area contributed by atoms with Gasteiger partial charge >= 0.3 is 0 Å². The summed E-state index contributed by atoms with van der Waals surface area (Å²) < 4.78 is 2.11. The van der Waals surface area contributed by atoms with Gasteiger partial charge in [0.15, 0.2) is 0 Å². The molecular weight excluding hydrogens is 174 g/mol. The Balaban J connectivity index is 2.56. The van der Waals surface area contributed by atoms with Crippen LogP contribution < -0.4 is 5.32 Å². The van der Waals surface area contributed by atoms with Crippen molar-refractivity contribution in [2.45, 2.75) is 19.9 Å². The van der Waals surface area contributed by atoms with Gasteiger partial charge in [-0.3, -0.25) is 0 Å². The molecule has 0 saturated heterocycles. The number of aryl methyl sites for hydroxylation is 1. The molecule has 0 fully saturated rings. The molecule has 0 saturated carbocycles. The van der Waals surface area contributed by atoms with Gasteiger partial charge in [-0.2, -0.15) is 0 Å². The summed E-state index contributed by atoms with van der Waals surface area (Å²) in [6.45, 7) is 4.19. The summed E-state index contributed by atoms with van der Waals surface area (Å²) in [5.41, 5.74) is 3.31. The molecule has 0 radical (unpaired) electrons. The number of aromatic nitrogens is 2. The van der Waals surface area contributed by atoms with Crippen LogP contribution in [0.4, 0.5) is 0 Å². The van der Waals surface area contributed by atoms with Gasteiger partial charge in [-0.15, -0.1) is 0 Å². The molecule has 0 bridgehead atoms. The highest BCUT2D eigenvalue weighted by atomic mass is 15.0. The maximum Gasteiger partial charge on any atom is 0.137 e. The van der Waals surface area contributed by atoms with Crippen LogP contribution in [0.15, 0.2) is 24.4 Å². The van der Waals surface area contributed by atoms with Crippen molar-refractivity contribution in [2.75, 3.05) is 7.05 Å². The number of pyridine rings is 1. The lowest BCUT2D eigenvalue weighted by Crippen LogP contribution is -2.12. The average molecular weight is 189 g/mol. The molecule has 0 aromatic carbocycles. The van der Waals surface area contributed by atoms with E-state index in [1.54, 1.807) is 0 Å². The topological polar surface area (TPSA) is 29.3 Å². The number of nitrogens with one attached hydrogen (secondary N) is 1. The fourth-order valence-electron chi connectivity index (χ4n) is 1.52. The summed E-state index contributed by atoms with van der Waals surface area (Å²) in [4.78, 5) is 4.54. The van der Waals surface area contributed by atoms with Crippen molar-refractivity contribution in [1.82, 2.24) is 14.7 Å². The highest BCUT2D eigenvalue weighted by molar-refractivity contribution is 5.42. The number of hydrogen-bond donors (Lipinski definition) is 1. The molecule has 0 aliphatic carbocycles. The average Bonchev–Trinajstić information content (AvgIpc) is 2.62. The quantitative estimate of drug-likeness (QED) is 0.782. The van der Waals surface area contributed by atoms with Crippen molar-refractivity contribution in [2.24, 2.45) is 0 Å². The van der Waals surface area contributed by atoms with Gasteiger partial charge in [-0.25, -0.2) is 4.98 Å². The van der Waals surface area contributed by atoms with E-state index in [1.165, 1.54) is 5.69 Å². The third-order valence-electron chi connectivity index (χ3n) is 2.59. The second kappa shape index (κ2) is 3.42. The fourth-order valence-corrected chi connectivity index (χ4v) is 1.52. The molecule has 0 spiro atoms. The minimum Gasteiger partial charge on any atom is -0.312 e. The summed E-state index contributed by atoms with van der Waals surface area (Å²) in [6.07, 6.45) is 2.09. The third kappa shape index (κ3) is 1.40. The number of rotatable bonds is 2. The molecule has 0 aliphatic heterocycles. The monoisotopic (exact) mass is 189 g/mol. The molecule has 2 aromatic heterocycles. The van der Waals surface area contributed by atoms with Gasteiger partial charge < -0.3 is 9.72 Å². The van der Waals surface area contributed by atoms with Crippen molar-refractivity contribution < 1.29 is 0 Å². The van der Waals surface area contributed by atoms with Gasteiger partial charge in [0.1, 0.15) is 5.65 Å². The molecule has 2 heterocycles. The maximum absolute atomic E-state index is 4.54. The zero-order valence-corrected chi connectivity index (χ0v) is 8.78. The van der Waals surface area contributed by atoms with E-state index in [0.717, 1.165) is 11.3 Å². The van der Waals surface area contributed by atoms with Crippen LogP contribution in [0, 0.1) is 6.92 Å². The second-order valence-electron chi connectivity index (χ2n) is 3.57. The van der Waals surface area contributed by atoms with Crippen LogP contribution in [-0.4, -0.2) is 16.4 Å². The maximum atomic E-state index is 4.54. The van der Waals surface area contributed by atoms with Crippen molar-refractivity contribution in [3.8, 4) is 0 Å². The Morgan fingerprint density at radius 3 is 2.86 bits per heavy atom. The Hall–Kier alpha value is -1.35. The van der Waals surface area contributed by atoms with Gasteiger partial charge in [0.05, 0.1) is 5.69 Å². The van der Waals surface area contributed by atoms with E-state index in [0.29, 0.717) is 6.04 Å². The molecule has 14 heavy (non-hydrogen) atoms. The highest BCUT2D eigenvalue weighted by Crippen LogP contribution is 2.13. The Morgan fingerprint density at radius 1 is 1.43 bits per heavy atom. The Kier molecular flexibility index (Phi) is 2.25. The first kappa shape index (κ1) is 9.21. The van der Waals surface area contributed by atoms with E-state index in [4.69, 9.17) is 0 Å². The van der Waals surface area contributed by atoms with Crippen LogP contribution in [0.25, 0.3) is 5.65 Å². The molecule has 0 amide bonds. The van der Waals surface area contributed by atoms with Crippen molar-refractivity contribution in [3.05, 3.63) is 35.8 Å². The van der Waals surface area contributed by atoms with Gasteiger partial charge in [0, 0.05) is 17.9 Å². The van der Waals surface area contributed by atoms with Crippen LogP contribution in [0.1, 0.15) is 24.4 Å². The minimum absolute atomic E-state index is 0.300. The van der Waals surface area contributed by atoms with E-state index >= 15 is 0 Å². The van der Waals surface area contributed by atoms with Crippen LogP contribution >= 0.6 is 0 Å². The standard InChI is InChI=1S/C11H15N3/c1-8-5-4-6-11-13-10(7-14(8)11)9(2)12-3/h4-7,9,12H,1-3H3. The van der Waals surface area contributed by atoms with E-state index < -0.39 is 0 Å². The predicted octanol–water partition coefficient (Wildman–Crippen LogP) is 1.92. The largest absolute Gasteiger partial charge is 0.312 e.